The van der Waals surface area contributed by atoms with E-state index in [0.717, 1.165) is 12.5 Å². The summed E-state index contributed by atoms with van der Waals surface area (Å²) in [6.45, 7) is 10.3. The number of nitrogens with one attached hydrogen (secondary N) is 1. The standard InChI is InChI=1S/C18H30N2/c1-14(2)9-10-19-18-11-17(12-20(4)13-18)16-7-5-15(3)6-8-16/h5-8,14,17-19H,9-13H2,1-4H3. The van der Waals surface area contributed by atoms with Crippen LogP contribution in [0.1, 0.15) is 43.7 Å². The Morgan fingerprint density at radius 1 is 1.20 bits per heavy atom. The second-order valence-electron chi connectivity index (χ2n) is 6.90. The lowest BCUT2D eigenvalue weighted by Gasteiger charge is -2.36. The van der Waals surface area contributed by atoms with Crippen molar-refractivity contribution in [3.63, 3.8) is 0 Å². The summed E-state index contributed by atoms with van der Waals surface area (Å²) in [5.41, 5.74) is 2.85. The molecule has 1 aliphatic rings. The molecule has 0 aromatic heterocycles. The molecule has 1 saturated heterocycles. The fourth-order valence-electron chi connectivity index (χ4n) is 3.12. The number of likely N-dealkylation sites (N-methyl/N-ethyl adjacent to an activating group) is 1. The Kier molecular flexibility index (Phi) is 5.62. The Balaban J connectivity index is 1.92. The van der Waals surface area contributed by atoms with E-state index in [4.69, 9.17) is 0 Å². The van der Waals surface area contributed by atoms with Crippen LogP contribution in [0.3, 0.4) is 0 Å². The normalized spacial score (nSPS) is 24.2. The summed E-state index contributed by atoms with van der Waals surface area (Å²) in [5, 5.41) is 3.75. The second kappa shape index (κ2) is 7.24. The smallest absolute Gasteiger partial charge is 0.0201 e. The third-order valence-electron chi connectivity index (χ3n) is 4.34. The van der Waals surface area contributed by atoms with Crippen molar-refractivity contribution in [1.29, 1.82) is 0 Å². The van der Waals surface area contributed by atoms with Gasteiger partial charge in [0, 0.05) is 19.1 Å². The molecule has 2 rings (SSSR count). The van der Waals surface area contributed by atoms with Crippen molar-refractivity contribution in [2.24, 2.45) is 5.92 Å². The first-order valence-electron chi connectivity index (χ1n) is 8.03. The van der Waals surface area contributed by atoms with Crippen molar-refractivity contribution in [2.45, 2.75) is 45.6 Å². The number of aryl methyl sites for hydroxylation is 1. The SMILES string of the molecule is Cc1ccc(C2CC(NCCC(C)C)CN(C)C2)cc1. The van der Waals surface area contributed by atoms with Crippen LogP contribution in [0.2, 0.25) is 0 Å². The van der Waals surface area contributed by atoms with Crippen LogP contribution in [0, 0.1) is 12.8 Å². The molecular weight excluding hydrogens is 244 g/mol. The molecular formula is C18H30N2. The highest BCUT2D eigenvalue weighted by atomic mass is 15.1. The summed E-state index contributed by atoms with van der Waals surface area (Å²) in [6, 6.07) is 9.74. The minimum Gasteiger partial charge on any atom is -0.313 e. The van der Waals surface area contributed by atoms with Gasteiger partial charge in [-0.2, -0.15) is 0 Å². The molecule has 20 heavy (non-hydrogen) atoms. The Labute approximate surface area is 124 Å². The van der Waals surface area contributed by atoms with Gasteiger partial charge in [0.05, 0.1) is 0 Å². The first-order chi connectivity index (χ1) is 9.54. The first-order valence-corrected chi connectivity index (χ1v) is 8.03. The van der Waals surface area contributed by atoms with Crippen molar-refractivity contribution in [1.82, 2.24) is 10.2 Å². The van der Waals surface area contributed by atoms with Gasteiger partial charge in [0.2, 0.25) is 0 Å². The summed E-state index contributed by atoms with van der Waals surface area (Å²) < 4.78 is 0. The molecule has 1 heterocycles. The van der Waals surface area contributed by atoms with Crippen molar-refractivity contribution < 1.29 is 0 Å². The molecule has 1 aromatic carbocycles. The van der Waals surface area contributed by atoms with Crippen molar-refractivity contribution in [3.8, 4) is 0 Å². The van der Waals surface area contributed by atoms with Gasteiger partial charge in [0.25, 0.3) is 0 Å². The topological polar surface area (TPSA) is 15.3 Å². The Morgan fingerprint density at radius 2 is 1.90 bits per heavy atom. The highest BCUT2D eigenvalue weighted by molar-refractivity contribution is 5.25. The Bertz CT molecular complexity index is 396. The number of nitrogens with zero attached hydrogens (tertiary/aromatic N) is 1. The third-order valence-corrected chi connectivity index (χ3v) is 4.34. The van der Waals surface area contributed by atoms with E-state index in [-0.39, 0.29) is 0 Å². The number of benzene rings is 1. The molecule has 2 nitrogen and oxygen atoms in total. The fraction of sp³-hybridized carbons (Fsp3) is 0.667. The van der Waals surface area contributed by atoms with Crippen molar-refractivity contribution in [2.75, 3.05) is 26.7 Å². The summed E-state index contributed by atoms with van der Waals surface area (Å²) in [7, 11) is 2.25. The number of hydrogen-bond acceptors (Lipinski definition) is 2. The van der Waals surface area contributed by atoms with Gasteiger partial charge in [-0.1, -0.05) is 43.7 Å². The molecule has 112 valence electrons. The molecule has 0 spiro atoms. The van der Waals surface area contributed by atoms with Crippen LogP contribution in [0.5, 0.6) is 0 Å². The van der Waals surface area contributed by atoms with Gasteiger partial charge in [-0.3, -0.25) is 0 Å². The third kappa shape index (κ3) is 4.60. The molecule has 0 radical (unpaired) electrons. The highest BCUT2D eigenvalue weighted by Gasteiger charge is 2.25. The molecule has 0 aliphatic carbocycles. The van der Waals surface area contributed by atoms with Gasteiger partial charge in [-0.25, -0.2) is 0 Å². The van der Waals surface area contributed by atoms with Gasteiger partial charge < -0.3 is 10.2 Å². The lowest BCUT2D eigenvalue weighted by molar-refractivity contribution is 0.203. The Hall–Kier alpha value is -0.860. The number of likely N-dealkylation sites (tertiary alicyclic amines) is 1. The molecule has 2 unspecified atom stereocenters. The van der Waals surface area contributed by atoms with Crippen LogP contribution >= 0.6 is 0 Å². The van der Waals surface area contributed by atoms with Crippen LogP contribution in [0.25, 0.3) is 0 Å². The minimum absolute atomic E-state index is 0.638. The van der Waals surface area contributed by atoms with E-state index >= 15 is 0 Å². The van der Waals surface area contributed by atoms with Gasteiger partial charge in [-0.15, -0.1) is 0 Å². The van der Waals surface area contributed by atoms with E-state index in [1.807, 2.05) is 0 Å². The van der Waals surface area contributed by atoms with Crippen molar-refractivity contribution >= 4 is 0 Å². The maximum atomic E-state index is 3.75. The number of rotatable bonds is 5. The maximum absolute atomic E-state index is 3.75. The fourth-order valence-corrected chi connectivity index (χ4v) is 3.12. The van der Waals surface area contributed by atoms with Gasteiger partial charge in [0.1, 0.15) is 0 Å². The van der Waals surface area contributed by atoms with Crippen LogP contribution < -0.4 is 5.32 Å². The van der Waals surface area contributed by atoms with Gasteiger partial charge in [-0.05, 0) is 50.8 Å². The minimum atomic E-state index is 0.638. The summed E-state index contributed by atoms with van der Waals surface area (Å²) in [4.78, 5) is 2.47. The van der Waals surface area contributed by atoms with Crippen LogP contribution in [0.15, 0.2) is 24.3 Å². The highest BCUT2D eigenvalue weighted by Crippen LogP contribution is 2.26. The predicted octanol–water partition coefficient (Wildman–Crippen LogP) is 3.42. The van der Waals surface area contributed by atoms with Gasteiger partial charge >= 0.3 is 0 Å². The van der Waals surface area contributed by atoms with Crippen LogP contribution in [-0.2, 0) is 0 Å². The molecule has 2 heteroatoms. The maximum Gasteiger partial charge on any atom is 0.0201 e. The summed E-state index contributed by atoms with van der Waals surface area (Å²) >= 11 is 0. The van der Waals surface area contributed by atoms with E-state index in [0.29, 0.717) is 12.0 Å². The average Bonchev–Trinajstić information content (AvgIpc) is 2.38. The summed E-state index contributed by atoms with van der Waals surface area (Å²) in [5.74, 6) is 1.46. The monoisotopic (exact) mass is 274 g/mol. The van der Waals surface area contributed by atoms with Gasteiger partial charge in [0.15, 0.2) is 0 Å². The number of hydrogen-bond donors (Lipinski definition) is 1. The van der Waals surface area contributed by atoms with E-state index in [1.54, 1.807) is 0 Å². The molecule has 1 fully saturated rings. The largest absolute Gasteiger partial charge is 0.313 e. The molecule has 0 saturated carbocycles. The molecule has 0 bridgehead atoms. The summed E-state index contributed by atoms with van der Waals surface area (Å²) in [6.07, 6.45) is 2.54. The molecule has 1 aliphatic heterocycles. The van der Waals surface area contributed by atoms with E-state index < -0.39 is 0 Å². The van der Waals surface area contributed by atoms with Crippen LogP contribution in [-0.4, -0.2) is 37.6 Å². The van der Waals surface area contributed by atoms with Crippen molar-refractivity contribution in [3.05, 3.63) is 35.4 Å². The lowest BCUT2D eigenvalue weighted by atomic mass is 9.88. The molecule has 0 amide bonds. The predicted molar refractivity (Wildman–Crippen MR) is 87.3 cm³/mol. The van der Waals surface area contributed by atoms with E-state index in [9.17, 15) is 0 Å². The van der Waals surface area contributed by atoms with E-state index in [1.165, 1.54) is 37.1 Å². The quantitative estimate of drug-likeness (QED) is 0.885. The average molecular weight is 274 g/mol. The molecule has 1 aromatic rings. The molecule has 1 N–H and O–H groups in total. The molecule has 2 atom stereocenters. The Morgan fingerprint density at radius 3 is 2.55 bits per heavy atom. The number of piperidine rings is 1. The van der Waals surface area contributed by atoms with Crippen LogP contribution in [0.4, 0.5) is 0 Å². The zero-order chi connectivity index (χ0) is 14.5. The zero-order valence-electron chi connectivity index (χ0n) is 13.5. The first kappa shape index (κ1) is 15.5. The zero-order valence-corrected chi connectivity index (χ0v) is 13.5. The lowest BCUT2D eigenvalue weighted by Crippen LogP contribution is -2.47. The second-order valence-corrected chi connectivity index (χ2v) is 6.90. The van der Waals surface area contributed by atoms with E-state index in [2.05, 4.69) is 62.3 Å².